The molecule has 0 aromatic heterocycles. The molecule has 0 aliphatic carbocycles. The fourth-order valence-electron chi connectivity index (χ4n) is 7.89. The molecule has 0 radical (unpaired) electrons. The summed E-state index contributed by atoms with van der Waals surface area (Å²) in [6, 6.07) is 61.7. The van der Waals surface area contributed by atoms with Crippen molar-refractivity contribution in [3.63, 3.8) is 0 Å². The van der Waals surface area contributed by atoms with Crippen LogP contribution in [0.4, 0.5) is 5.69 Å². The molecular formula is C51H45NS. The summed E-state index contributed by atoms with van der Waals surface area (Å²) in [5.41, 5.74) is 13.1. The standard InChI is InChI=1S/C34H31NS.C17H14/c1-5-21-35(32-20-19-27(26-11-7-6-8-12-26)28-13-9-10-14-29(28)32)36(4)33-22-24(2)15-17-30(33)31-18-16-25(3)23-34(31)36;1-13-11-12-16(14-7-3-2-4-8-14)17-10-6-5-9-15(13)17/h5-23H,1-4H3;2-12H,1H3/b21-5-;. The molecule has 0 bridgehead atoms. The molecule has 0 spiro atoms. The first-order chi connectivity index (χ1) is 25.9. The third kappa shape index (κ3) is 6.14. The summed E-state index contributed by atoms with van der Waals surface area (Å²) in [7, 11) is -1.55. The number of hydrogen-bond acceptors (Lipinski definition) is 1. The molecule has 0 saturated heterocycles. The third-order valence-electron chi connectivity index (χ3n) is 10.5. The van der Waals surface area contributed by atoms with E-state index in [2.05, 4.69) is 220 Å². The van der Waals surface area contributed by atoms with Crippen LogP contribution < -0.4 is 4.31 Å². The van der Waals surface area contributed by atoms with Gasteiger partial charge in [-0.25, -0.2) is 0 Å². The van der Waals surface area contributed by atoms with Gasteiger partial charge in [0.25, 0.3) is 0 Å². The minimum absolute atomic E-state index is 1.25. The van der Waals surface area contributed by atoms with Crippen LogP contribution in [0.2, 0.25) is 0 Å². The second-order valence-corrected chi connectivity index (χ2v) is 17.1. The first kappa shape index (κ1) is 34.3. The molecule has 9 rings (SSSR count). The van der Waals surface area contributed by atoms with Crippen molar-refractivity contribution in [2.24, 2.45) is 0 Å². The van der Waals surface area contributed by atoms with Crippen LogP contribution in [0.1, 0.15) is 23.6 Å². The normalized spacial score (nSPS) is 13.3. The fourth-order valence-corrected chi connectivity index (χ4v) is 11.5. The molecule has 260 valence electrons. The minimum Gasteiger partial charge on any atom is -0.302 e. The van der Waals surface area contributed by atoms with Gasteiger partial charge in [0.1, 0.15) is 0 Å². The topological polar surface area (TPSA) is 3.24 Å². The van der Waals surface area contributed by atoms with E-state index < -0.39 is 10.2 Å². The lowest BCUT2D eigenvalue weighted by molar-refractivity contribution is 1.32. The Morgan fingerprint density at radius 2 is 0.868 bits per heavy atom. The van der Waals surface area contributed by atoms with Crippen LogP contribution in [0, 0.1) is 20.8 Å². The average Bonchev–Trinajstić information content (AvgIpc) is 3.44. The number of rotatable bonds is 5. The Hall–Kier alpha value is -5.83. The van der Waals surface area contributed by atoms with Crippen LogP contribution >= 0.6 is 10.2 Å². The second kappa shape index (κ2) is 14.3. The summed E-state index contributed by atoms with van der Waals surface area (Å²) < 4.78 is 2.58. The molecule has 0 N–H and O–H groups in total. The number of fused-ring (bicyclic) bond motifs is 5. The van der Waals surface area contributed by atoms with Crippen molar-refractivity contribution in [2.45, 2.75) is 37.5 Å². The molecule has 1 heterocycles. The first-order valence-electron chi connectivity index (χ1n) is 18.4. The van der Waals surface area contributed by atoms with E-state index in [0.29, 0.717) is 0 Å². The Bertz CT molecular complexity index is 2570. The second-order valence-electron chi connectivity index (χ2n) is 14.1. The predicted molar refractivity (Wildman–Crippen MR) is 232 cm³/mol. The van der Waals surface area contributed by atoms with Gasteiger partial charge in [0, 0.05) is 21.4 Å². The number of aryl methyl sites for hydroxylation is 3. The zero-order valence-corrected chi connectivity index (χ0v) is 32.0. The monoisotopic (exact) mass is 703 g/mol. The Balaban J connectivity index is 0.000000196. The van der Waals surface area contributed by atoms with Crippen molar-refractivity contribution in [3.05, 3.63) is 199 Å². The number of allylic oxidation sites excluding steroid dienone is 1. The molecule has 0 saturated carbocycles. The first-order valence-corrected chi connectivity index (χ1v) is 20.4. The molecule has 1 aliphatic rings. The quantitative estimate of drug-likeness (QED) is 0.172. The number of hydrogen-bond donors (Lipinski definition) is 0. The van der Waals surface area contributed by atoms with Crippen LogP contribution in [0.25, 0.3) is 54.9 Å². The van der Waals surface area contributed by atoms with Crippen LogP contribution in [-0.2, 0) is 0 Å². The lowest BCUT2D eigenvalue weighted by Gasteiger charge is -2.45. The Labute approximate surface area is 316 Å². The maximum absolute atomic E-state index is 2.58. The zero-order chi connectivity index (χ0) is 36.5. The van der Waals surface area contributed by atoms with Gasteiger partial charge in [-0.1, -0.05) is 158 Å². The van der Waals surface area contributed by atoms with Crippen molar-refractivity contribution in [1.29, 1.82) is 0 Å². The van der Waals surface area contributed by atoms with E-state index in [9.17, 15) is 0 Å². The van der Waals surface area contributed by atoms with E-state index in [4.69, 9.17) is 0 Å². The van der Waals surface area contributed by atoms with E-state index >= 15 is 0 Å². The number of anilines is 1. The van der Waals surface area contributed by atoms with Crippen molar-refractivity contribution in [3.8, 4) is 33.4 Å². The minimum atomic E-state index is -1.55. The van der Waals surface area contributed by atoms with Gasteiger partial charge < -0.3 is 4.31 Å². The van der Waals surface area contributed by atoms with Gasteiger partial charge in [-0.2, -0.15) is 0 Å². The summed E-state index contributed by atoms with van der Waals surface area (Å²) in [4.78, 5) is 2.88. The van der Waals surface area contributed by atoms with Gasteiger partial charge in [-0.05, 0) is 118 Å². The van der Waals surface area contributed by atoms with Gasteiger partial charge in [0.05, 0.1) is 5.69 Å². The highest BCUT2D eigenvalue weighted by Crippen LogP contribution is 2.72. The largest absolute Gasteiger partial charge is 0.302 e. The highest BCUT2D eigenvalue weighted by Gasteiger charge is 2.40. The SMILES string of the molecule is C/C=C\N(c1ccc(-c2ccccc2)c2ccccc12)S1(C)c2cc(C)ccc2-c2ccc(C)cc21.Cc1ccc(-c2ccccc2)c2ccccc12. The molecule has 8 aromatic carbocycles. The maximum atomic E-state index is 2.58. The Morgan fingerprint density at radius 3 is 1.40 bits per heavy atom. The Kier molecular flexibility index (Phi) is 9.24. The van der Waals surface area contributed by atoms with Crippen LogP contribution in [0.15, 0.2) is 192 Å². The highest BCUT2D eigenvalue weighted by molar-refractivity contribution is 8.34. The zero-order valence-electron chi connectivity index (χ0n) is 31.2. The molecule has 1 nitrogen and oxygen atoms in total. The molecular weight excluding hydrogens is 659 g/mol. The van der Waals surface area contributed by atoms with E-state index in [-0.39, 0.29) is 0 Å². The smallest absolute Gasteiger partial charge is 0.0586 e. The van der Waals surface area contributed by atoms with Crippen molar-refractivity contribution >= 4 is 37.4 Å². The number of nitrogens with zero attached hydrogens (tertiary/aromatic N) is 1. The van der Waals surface area contributed by atoms with E-state index in [1.807, 2.05) is 0 Å². The van der Waals surface area contributed by atoms with Gasteiger partial charge in [0.2, 0.25) is 0 Å². The summed E-state index contributed by atoms with van der Waals surface area (Å²) >= 11 is 0. The lowest BCUT2D eigenvalue weighted by Crippen LogP contribution is -2.21. The summed E-state index contributed by atoms with van der Waals surface area (Å²) in [6.45, 7) is 8.70. The Morgan fingerprint density at radius 1 is 0.434 bits per heavy atom. The van der Waals surface area contributed by atoms with Crippen LogP contribution in [-0.4, -0.2) is 6.26 Å². The highest BCUT2D eigenvalue weighted by atomic mass is 32.3. The van der Waals surface area contributed by atoms with Gasteiger partial charge in [-0.3, -0.25) is 0 Å². The third-order valence-corrected chi connectivity index (χ3v) is 14.0. The summed E-state index contributed by atoms with van der Waals surface area (Å²) in [6.07, 6.45) is 6.95. The molecule has 0 atom stereocenters. The molecule has 0 amide bonds. The summed E-state index contributed by atoms with van der Waals surface area (Å²) in [5.74, 6) is 0. The molecule has 2 heteroatoms. The summed E-state index contributed by atoms with van der Waals surface area (Å²) in [5, 5.41) is 5.24. The van der Waals surface area contributed by atoms with Gasteiger partial charge in [-0.15, -0.1) is 10.2 Å². The van der Waals surface area contributed by atoms with E-state index in [0.717, 1.165) is 0 Å². The predicted octanol–water partition coefficient (Wildman–Crippen LogP) is 14.7. The molecule has 0 unspecified atom stereocenters. The van der Waals surface area contributed by atoms with Crippen molar-refractivity contribution < 1.29 is 0 Å². The average molecular weight is 704 g/mol. The van der Waals surface area contributed by atoms with Gasteiger partial charge in [0.15, 0.2) is 0 Å². The van der Waals surface area contributed by atoms with Gasteiger partial charge >= 0.3 is 0 Å². The lowest BCUT2D eigenvalue weighted by atomic mass is 9.96. The number of benzene rings is 8. The maximum Gasteiger partial charge on any atom is 0.0586 e. The van der Waals surface area contributed by atoms with Crippen LogP contribution in [0.5, 0.6) is 0 Å². The van der Waals surface area contributed by atoms with Crippen molar-refractivity contribution in [2.75, 3.05) is 10.6 Å². The van der Waals surface area contributed by atoms with Crippen molar-refractivity contribution in [1.82, 2.24) is 0 Å². The van der Waals surface area contributed by atoms with E-state index in [1.54, 1.807) is 0 Å². The van der Waals surface area contributed by atoms with Crippen LogP contribution in [0.3, 0.4) is 0 Å². The van der Waals surface area contributed by atoms with E-state index in [1.165, 1.54) is 87.1 Å². The molecule has 53 heavy (non-hydrogen) atoms. The fraction of sp³-hybridized carbons (Fsp3) is 0.0980. The molecule has 8 aromatic rings. The molecule has 0 fully saturated rings. The molecule has 1 aliphatic heterocycles.